The molecule has 2 rings (SSSR count). The lowest BCUT2D eigenvalue weighted by Crippen LogP contribution is -2.29. The van der Waals surface area contributed by atoms with Crippen LogP contribution in [0, 0.1) is 0 Å². The van der Waals surface area contributed by atoms with Crippen molar-refractivity contribution in [1.82, 2.24) is 9.88 Å². The number of carbonyl (C=O) groups excluding carboxylic acids is 1. The fraction of sp³-hybridized carbons (Fsp3) is 0.267. The quantitative estimate of drug-likeness (QED) is 0.878. The first-order valence-corrected chi connectivity index (χ1v) is 7.30. The first-order chi connectivity index (χ1) is 10.4. The Morgan fingerprint density at radius 2 is 2.14 bits per heavy atom. The van der Waals surface area contributed by atoms with Crippen molar-refractivity contribution in [2.75, 3.05) is 13.7 Å². The Kier molecular flexibility index (Phi) is 5.34. The van der Waals surface area contributed by atoms with Crippen molar-refractivity contribution in [3.8, 4) is 5.75 Å². The molecule has 2 N–H and O–H groups in total. The van der Waals surface area contributed by atoms with Gasteiger partial charge < -0.3 is 19.7 Å². The number of hydrogen-bond acceptors (Lipinski definition) is 3. The maximum absolute atomic E-state index is 12.1. The predicted octanol–water partition coefficient (Wildman–Crippen LogP) is 2.80. The van der Waals surface area contributed by atoms with Crippen molar-refractivity contribution >= 4 is 29.1 Å². The molecule has 0 aliphatic rings. The maximum atomic E-state index is 12.1. The van der Waals surface area contributed by atoms with Gasteiger partial charge in [-0.3, -0.25) is 4.79 Å². The number of aliphatic hydroxyl groups is 1. The summed E-state index contributed by atoms with van der Waals surface area (Å²) in [7, 11) is 3.19. The SMILES string of the molecule is COc1cccc(C(O)CNC(=O)c2cc(Cl)c(Cl)n2C)c1. The number of benzene rings is 1. The van der Waals surface area contributed by atoms with E-state index in [0.29, 0.717) is 27.2 Å². The van der Waals surface area contributed by atoms with E-state index < -0.39 is 6.10 Å². The van der Waals surface area contributed by atoms with Crippen LogP contribution in [0.4, 0.5) is 0 Å². The van der Waals surface area contributed by atoms with E-state index in [4.69, 9.17) is 27.9 Å². The Morgan fingerprint density at radius 3 is 2.73 bits per heavy atom. The topological polar surface area (TPSA) is 63.5 Å². The highest BCUT2D eigenvalue weighted by Gasteiger charge is 2.17. The molecule has 0 spiro atoms. The Morgan fingerprint density at radius 1 is 1.41 bits per heavy atom. The summed E-state index contributed by atoms with van der Waals surface area (Å²) in [6.07, 6.45) is -0.842. The Labute approximate surface area is 138 Å². The molecule has 1 atom stereocenters. The minimum atomic E-state index is -0.842. The lowest BCUT2D eigenvalue weighted by molar-refractivity contribution is 0.0908. The van der Waals surface area contributed by atoms with Crippen LogP contribution in [-0.2, 0) is 7.05 Å². The average molecular weight is 343 g/mol. The van der Waals surface area contributed by atoms with Gasteiger partial charge in [0.15, 0.2) is 0 Å². The van der Waals surface area contributed by atoms with Gasteiger partial charge in [-0.05, 0) is 23.8 Å². The average Bonchev–Trinajstić information content (AvgIpc) is 2.79. The number of aliphatic hydroxyl groups excluding tert-OH is 1. The van der Waals surface area contributed by atoms with Crippen LogP contribution in [0.5, 0.6) is 5.75 Å². The van der Waals surface area contributed by atoms with Gasteiger partial charge in [-0.1, -0.05) is 35.3 Å². The molecule has 0 bridgehead atoms. The van der Waals surface area contributed by atoms with Crippen molar-refractivity contribution in [2.45, 2.75) is 6.10 Å². The minimum absolute atomic E-state index is 0.0619. The van der Waals surface area contributed by atoms with Gasteiger partial charge in [-0.15, -0.1) is 0 Å². The molecule has 0 saturated heterocycles. The standard InChI is InChI=1S/C15H16Cl2N2O3/c1-19-12(7-11(16)14(19)17)15(21)18-8-13(20)9-4-3-5-10(6-9)22-2/h3-7,13,20H,8H2,1-2H3,(H,18,21). The van der Waals surface area contributed by atoms with Gasteiger partial charge in [0.05, 0.1) is 18.2 Å². The molecule has 0 fully saturated rings. The second kappa shape index (κ2) is 7.05. The summed E-state index contributed by atoms with van der Waals surface area (Å²) >= 11 is 11.8. The highest BCUT2D eigenvalue weighted by atomic mass is 35.5. The lowest BCUT2D eigenvalue weighted by atomic mass is 10.1. The lowest BCUT2D eigenvalue weighted by Gasteiger charge is -2.13. The third-order valence-electron chi connectivity index (χ3n) is 3.28. The minimum Gasteiger partial charge on any atom is -0.497 e. The zero-order valence-electron chi connectivity index (χ0n) is 12.1. The molecule has 1 amide bonds. The van der Waals surface area contributed by atoms with E-state index in [1.54, 1.807) is 38.4 Å². The fourth-order valence-corrected chi connectivity index (χ4v) is 2.38. The molecular formula is C15H16Cl2N2O3. The summed E-state index contributed by atoms with van der Waals surface area (Å²) in [5.74, 6) is 0.280. The largest absolute Gasteiger partial charge is 0.497 e. The van der Waals surface area contributed by atoms with Gasteiger partial charge >= 0.3 is 0 Å². The van der Waals surface area contributed by atoms with Crippen LogP contribution in [0.3, 0.4) is 0 Å². The van der Waals surface area contributed by atoms with Gasteiger partial charge in [-0.2, -0.15) is 0 Å². The molecule has 2 aromatic rings. The number of ether oxygens (including phenoxy) is 1. The van der Waals surface area contributed by atoms with Gasteiger partial charge in [0.2, 0.25) is 0 Å². The Bertz CT molecular complexity index is 685. The van der Waals surface area contributed by atoms with Crippen LogP contribution in [0.2, 0.25) is 10.2 Å². The van der Waals surface area contributed by atoms with Crippen molar-refractivity contribution in [3.63, 3.8) is 0 Å². The monoisotopic (exact) mass is 342 g/mol. The third-order valence-corrected chi connectivity index (χ3v) is 4.13. The summed E-state index contributed by atoms with van der Waals surface area (Å²) in [5, 5.41) is 13.4. The van der Waals surface area contributed by atoms with Gasteiger partial charge in [0.25, 0.3) is 5.91 Å². The van der Waals surface area contributed by atoms with E-state index in [-0.39, 0.29) is 12.5 Å². The first-order valence-electron chi connectivity index (χ1n) is 6.55. The molecule has 1 aromatic heterocycles. The number of carbonyl (C=O) groups is 1. The summed E-state index contributed by atoms with van der Waals surface area (Å²) in [6, 6.07) is 8.51. The number of amides is 1. The fourth-order valence-electron chi connectivity index (χ4n) is 2.01. The van der Waals surface area contributed by atoms with E-state index in [0.717, 1.165) is 0 Å². The third kappa shape index (κ3) is 3.55. The van der Waals surface area contributed by atoms with Gasteiger partial charge in [-0.25, -0.2) is 0 Å². The summed E-state index contributed by atoms with van der Waals surface area (Å²) in [6.45, 7) is 0.0619. The van der Waals surface area contributed by atoms with Crippen molar-refractivity contribution < 1.29 is 14.6 Å². The highest BCUT2D eigenvalue weighted by Crippen LogP contribution is 2.25. The van der Waals surface area contributed by atoms with Crippen molar-refractivity contribution in [1.29, 1.82) is 0 Å². The van der Waals surface area contributed by atoms with Crippen LogP contribution in [-0.4, -0.2) is 29.2 Å². The smallest absolute Gasteiger partial charge is 0.268 e. The predicted molar refractivity (Wildman–Crippen MR) is 85.7 cm³/mol. The summed E-state index contributed by atoms with van der Waals surface area (Å²) < 4.78 is 6.58. The summed E-state index contributed by atoms with van der Waals surface area (Å²) in [5.41, 5.74) is 0.982. The van der Waals surface area contributed by atoms with Crippen LogP contribution in [0.15, 0.2) is 30.3 Å². The molecule has 0 aliphatic carbocycles. The van der Waals surface area contributed by atoms with Crippen LogP contribution in [0.1, 0.15) is 22.2 Å². The summed E-state index contributed by atoms with van der Waals surface area (Å²) in [4.78, 5) is 12.1. The van der Waals surface area contributed by atoms with E-state index in [2.05, 4.69) is 5.32 Å². The number of rotatable bonds is 5. The molecule has 1 unspecified atom stereocenters. The second-order valence-electron chi connectivity index (χ2n) is 4.73. The van der Waals surface area contributed by atoms with Gasteiger partial charge in [0, 0.05) is 13.6 Å². The molecule has 0 saturated carbocycles. The molecule has 5 nitrogen and oxygen atoms in total. The van der Waals surface area contributed by atoms with Crippen LogP contribution < -0.4 is 10.1 Å². The maximum Gasteiger partial charge on any atom is 0.268 e. The molecule has 118 valence electrons. The van der Waals surface area contributed by atoms with E-state index in [1.807, 2.05) is 0 Å². The number of nitrogens with zero attached hydrogens (tertiary/aromatic N) is 1. The number of nitrogens with one attached hydrogen (secondary N) is 1. The number of hydrogen-bond donors (Lipinski definition) is 2. The van der Waals surface area contributed by atoms with Crippen LogP contribution in [0.25, 0.3) is 0 Å². The van der Waals surface area contributed by atoms with Crippen molar-refractivity contribution in [2.24, 2.45) is 7.05 Å². The number of halogens is 2. The van der Waals surface area contributed by atoms with Crippen LogP contribution >= 0.6 is 23.2 Å². The molecule has 22 heavy (non-hydrogen) atoms. The van der Waals surface area contributed by atoms with E-state index in [9.17, 15) is 9.90 Å². The Hall–Kier alpha value is -1.69. The molecule has 0 aliphatic heterocycles. The zero-order chi connectivity index (χ0) is 16.3. The zero-order valence-corrected chi connectivity index (χ0v) is 13.6. The molecule has 0 radical (unpaired) electrons. The molecule has 7 heteroatoms. The highest BCUT2D eigenvalue weighted by molar-refractivity contribution is 6.41. The van der Waals surface area contributed by atoms with Gasteiger partial charge in [0.1, 0.15) is 16.6 Å². The second-order valence-corrected chi connectivity index (χ2v) is 5.49. The number of methoxy groups -OCH3 is 1. The normalized spacial score (nSPS) is 12.0. The number of aromatic nitrogens is 1. The van der Waals surface area contributed by atoms with E-state index >= 15 is 0 Å². The van der Waals surface area contributed by atoms with Crippen molar-refractivity contribution in [3.05, 3.63) is 51.8 Å². The first kappa shape index (κ1) is 16.7. The Balaban J connectivity index is 2.02. The molecular weight excluding hydrogens is 327 g/mol. The van der Waals surface area contributed by atoms with E-state index in [1.165, 1.54) is 10.6 Å². The molecule has 1 aromatic carbocycles. The molecule has 1 heterocycles.